The second-order valence-corrected chi connectivity index (χ2v) is 7.38. The standard InChI is InChI=1S/C22H26ClNO3/c1-2-20(27-19-10-8-18(23)9-11-19)21(25)24-16-22(12-14-26-15-13-22)17-6-4-3-5-7-17/h3-11,20H,2,12-16H2,1H3,(H,24,25)/t20-/m1/s1. The largest absolute Gasteiger partial charge is 0.481 e. The van der Waals surface area contributed by atoms with Gasteiger partial charge < -0.3 is 14.8 Å². The van der Waals surface area contributed by atoms with E-state index in [1.807, 2.05) is 25.1 Å². The van der Waals surface area contributed by atoms with Gasteiger partial charge in [0.15, 0.2) is 6.10 Å². The highest BCUT2D eigenvalue weighted by Crippen LogP contribution is 2.34. The molecule has 0 bridgehead atoms. The smallest absolute Gasteiger partial charge is 0.261 e. The van der Waals surface area contributed by atoms with E-state index in [2.05, 4.69) is 17.4 Å². The van der Waals surface area contributed by atoms with E-state index in [0.717, 1.165) is 12.8 Å². The molecule has 1 aliphatic heterocycles. The molecule has 0 unspecified atom stereocenters. The van der Waals surface area contributed by atoms with Crippen molar-refractivity contribution in [3.8, 4) is 5.75 Å². The van der Waals surface area contributed by atoms with Crippen molar-refractivity contribution in [1.29, 1.82) is 0 Å². The third kappa shape index (κ3) is 5.02. The highest BCUT2D eigenvalue weighted by molar-refractivity contribution is 6.30. The van der Waals surface area contributed by atoms with Gasteiger partial charge in [-0.05, 0) is 49.1 Å². The van der Waals surface area contributed by atoms with Crippen molar-refractivity contribution in [1.82, 2.24) is 5.32 Å². The number of benzene rings is 2. The fraction of sp³-hybridized carbons (Fsp3) is 0.409. The number of hydrogen-bond acceptors (Lipinski definition) is 3. The first kappa shape index (κ1) is 19.7. The predicted molar refractivity (Wildman–Crippen MR) is 107 cm³/mol. The van der Waals surface area contributed by atoms with Gasteiger partial charge in [0, 0.05) is 30.2 Å². The zero-order valence-corrected chi connectivity index (χ0v) is 16.4. The SMILES string of the molecule is CC[C@@H](Oc1ccc(Cl)cc1)C(=O)NCC1(c2ccccc2)CCOCC1. The van der Waals surface area contributed by atoms with Gasteiger partial charge in [-0.1, -0.05) is 48.9 Å². The van der Waals surface area contributed by atoms with Crippen LogP contribution in [0.15, 0.2) is 54.6 Å². The van der Waals surface area contributed by atoms with Crippen molar-refractivity contribution in [2.45, 2.75) is 37.7 Å². The first-order chi connectivity index (χ1) is 13.1. The van der Waals surface area contributed by atoms with E-state index in [9.17, 15) is 4.79 Å². The fourth-order valence-electron chi connectivity index (χ4n) is 3.49. The Hall–Kier alpha value is -2.04. The Morgan fingerprint density at radius 3 is 2.44 bits per heavy atom. The van der Waals surface area contributed by atoms with E-state index in [1.54, 1.807) is 24.3 Å². The molecule has 27 heavy (non-hydrogen) atoms. The maximum Gasteiger partial charge on any atom is 0.261 e. The van der Waals surface area contributed by atoms with Crippen LogP contribution in [-0.2, 0) is 14.9 Å². The number of carbonyl (C=O) groups is 1. The topological polar surface area (TPSA) is 47.6 Å². The first-order valence-electron chi connectivity index (χ1n) is 9.46. The van der Waals surface area contributed by atoms with Crippen molar-refractivity contribution >= 4 is 17.5 Å². The fourth-order valence-corrected chi connectivity index (χ4v) is 3.62. The second kappa shape index (κ2) is 9.25. The Morgan fingerprint density at radius 2 is 1.81 bits per heavy atom. The van der Waals surface area contributed by atoms with E-state index in [-0.39, 0.29) is 11.3 Å². The van der Waals surface area contributed by atoms with Crippen LogP contribution >= 0.6 is 11.6 Å². The Kier molecular flexibility index (Phi) is 6.75. The Morgan fingerprint density at radius 1 is 1.15 bits per heavy atom. The van der Waals surface area contributed by atoms with Gasteiger partial charge in [-0.25, -0.2) is 0 Å². The third-order valence-electron chi connectivity index (χ3n) is 5.19. The summed E-state index contributed by atoms with van der Waals surface area (Å²) in [7, 11) is 0. The van der Waals surface area contributed by atoms with Crippen LogP contribution in [0.25, 0.3) is 0 Å². The average molecular weight is 388 g/mol. The zero-order chi connectivity index (χ0) is 19.1. The van der Waals surface area contributed by atoms with Crippen molar-refractivity contribution in [2.24, 2.45) is 0 Å². The van der Waals surface area contributed by atoms with E-state index in [0.29, 0.717) is 37.0 Å². The van der Waals surface area contributed by atoms with Gasteiger partial charge >= 0.3 is 0 Å². The molecule has 144 valence electrons. The maximum absolute atomic E-state index is 12.8. The van der Waals surface area contributed by atoms with Crippen molar-refractivity contribution in [3.05, 3.63) is 65.2 Å². The quantitative estimate of drug-likeness (QED) is 0.767. The summed E-state index contributed by atoms with van der Waals surface area (Å²) in [5, 5.41) is 3.77. The summed E-state index contributed by atoms with van der Waals surface area (Å²) >= 11 is 5.91. The number of hydrogen-bond donors (Lipinski definition) is 1. The van der Waals surface area contributed by atoms with Gasteiger partial charge in [0.2, 0.25) is 0 Å². The van der Waals surface area contributed by atoms with Crippen LogP contribution in [-0.4, -0.2) is 31.8 Å². The Labute approximate surface area is 165 Å². The summed E-state index contributed by atoms with van der Waals surface area (Å²) < 4.78 is 11.4. The first-order valence-corrected chi connectivity index (χ1v) is 9.84. The highest BCUT2D eigenvalue weighted by Gasteiger charge is 2.35. The molecular formula is C22H26ClNO3. The van der Waals surface area contributed by atoms with Crippen LogP contribution in [0.3, 0.4) is 0 Å². The van der Waals surface area contributed by atoms with Gasteiger partial charge in [-0.2, -0.15) is 0 Å². The van der Waals surface area contributed by atoms with Gasteiger partial charge in [0.25, 0.3) is 5.91 Å². The van der Waals surface area contributed by atoms with E-state index >= 15 is 0 Å². The summed E-state index contributed by atoms with van der Waals surface area (Å²) in [6.45, 7) is 3.95. The Bertz CT molecular complexity index is 727. The van der Waals surface area contributed by atoms with Crippen LogP contribution in [0.2, 0.25) is 5.02 Å². The molecule has 1 heterocycles. The number of halogens is 1. The average Bonchev–Trinajstić information content (AvgIpc) is 2.73. The molecule has 1 fully saturated rings. The third-order valence-corrected chi connectivity index (χ3v) is 5.44. The lowest BCUT2D eigenvalue weighted by Gasteiger charge is -2.38. The Balaban J connectivity index is 1.66. The summed E-state index contributed by atoms with van der Waals surface area (Å²) in [6, 6.07) is 17.5. The molecule has 1 amide bonds. The molecule has 1 N–H and O–H groups in total. The van der Waals surface area contributed by atoms with Gasteiger partial charge in [-0.3, -0.25) is 4.79 Å². The van der Waals surface area contributed by atoms with E-state index in [1.165, 1.54) is 5.56 Å². The summed E-state index contributed by atoms with van der Waals surface area (Å²) in [4.78, 5) is 12.8. The molecule has 0 spiro atoms. The molecule has 0 aliphatic carbocycles. The van der Waals surface area contributed by atoms with Crippen LogP contribution in [0, 0.1) is 0 Å². The zero-order valence-electron chi connectivity index (χ0n) is 15.6. The van der Waals surface area contributed by atoms with Crippen LogP contribution in [0.1, 0.15) is 31.7 Å². The lowest BCUT2D eigenvalue weighted by Crippen LogP contribution is -2.48. The molecule has 0 saturated carbocycles. The van der Waals surface area contributed by atoms with Gasteiger partial charge in [0.05, 0.1) is 0 Å². The number of carbonyl (C=O) groups excluding carboxylic acids is 1. The monoisotopic (exact) mass is 387 g/mol. The number of ether oxygens (including phenoxy) is 2. The minimum absolute atomic E-state index is 0.0887. The summed E-state index contributed by atoms with van der Waals surface area (Å²) in [5.41, 5.74) is 1.16. The van der Waals surface area contributed by atoms with Crippen LogP contribution in [0.5, 0.6) is 5.75 Å². The van der Waals surface area contributed by atoms with Crippen LogP contribution in [0.4, 0.5) is 0 Å². The van der Waals surface area contributed by atoms with Gasteiger partial charge in [0.1, 0.15) is 5.75 Å². The summed E-state index contributed by atoms with van der Waals surface area (Å²) in [5.74, 6) is 0.555. The number of rotatable bonds is 7. The molecule has 0 radical (unpaired) electrons. The molecule has 2 aromatic carbocycles. The normalized spacial score (nSPS) is 17.1. The van der Waals surface area contributed by atoms with Crippen molar-refractivity contribution < 1.29 is 14.3 Å². The number of amides is 1. The molecule has 4 nitrogen and oxygen atoms in total. The molecule has 2 aromatic rings. The van der Waals surface area contributed by atoms with Crippen LogP contribution < -0.4 is 10.1 Å². The predicted octanol–water partition coefficient (Wildman–Crippen LogP) is 4.36. The molecule has 1 atom stereocenters. The van der Waals surface area contributed by atoms with Crippen molar-refractivity contribution in [3.63, 3.8) is 0 Å². The summed E-state index contributed by atoms with van der Waals surface area (Å²) in [6.07, 6.45) is 1.85. The van der Waals surface area contributed by atoms with Crippen molar-refractivity contribution in [2.75, 3.05) is 19.8 Å². The number of nitrogens with one attached hydrogen (secondary N) is 1. The second-order valence-electron chi connectivity index (χ2n) is 6.95. The lowest BCUT2D eigenvalue weighted by atomic mass is 9.74. The van der Waals surface area contributed by atoms with Gasteiger partial charge in [-0.15, -0.1) is 0 Å². The van der Waals surface area contributed by atoms with E-state index < -0.39 is 6.10 Å². The molecule has 1 saturated heterocycles. The molecule has 3 rings (SSSR count). The highest BCUT2D eigenvalue weighted by atomic mass is 35.5. The van der Waals surface area contributed by atoms with E-state index in [4.69, 9.17) is 21.1 Å². The minimum atomic E-state index is -0.529. The molecular weight excluding hydrogens is 362 g/mol. The lowest BCUT2D eigenvalue weighted by molar-refractivity contribution is -0.128. The molecule has 1 aliphatic rings. The minimum Gasteiger partial charge on any atom is -0.481 e. The molecule has 0 aromatic heterocycles. The molecule has 5 heteroatoms. The maximum atomic E-state index is 12.8.